The third-order valence-corrected chi connectivity index (χ3v) is 4.34. The predicted octanol–water partition coefficient (Wildman–Crippen LogP) is 5.17. The van der Waals surface area contributed by atoms with Gasteiger partial charge in [-0.15, -0.1) is 0 Å². The van der Waals surface area contributed by atoms with E-state index >= 15 is 0 Å². The Balaban J connectivity index is 2.38. The van der Waals surface area contributed by atoms with Crippen LogP contribution in [0.1, 0.15) is 5.56 Å². The van der Waals surface area contributed by atoms with Gasteiger partial charge < -0.3 is 15.2 Å². The topological polar surface area (TPSA) is 44.5 Å². The monoisotopic (exact) mass is 433 g/mol. The van der Waals surface area contributed by atoms with E-state index in [-0.39, 0.29) is 0 Å². The number of rotatable bonds is 5. The zero-order chi connectivity index (χ0) is 15.4. The normalized spacial score (nSPS) is 10.5. The lowest BCUT2D eigenvalue weighted by Gasteiger charge is -2.14. The Morgan fingerprint density at radius 1 is 1.05 bits per heavy atom. The third kappa shape index (κ3) is 4.13. The van der Waals surface area contributed by atoms with Crippen molar-refractivity contribution in [3.05, 3.63) is 49.9 Å². The molecule has 0 atom stereocenters. The first-order valence-electron chi connectivity index (χ1n) is 6.24. The van der Waals surface area contributed by atoms with Gasteiger partial charge in [-0.2, -0.15) is 0 Å². The van der Waals surface area contributed by atoms with Crippen LogP contribution in [-0.2, 0) is 6.42 Å². The van der Waals surface area contributed by atoms with E-state index < -0.39 is 0 Å². The summed E-state index contributed by atoms with van der Waals surface area (Å²) in [6.45, 7) is 0.547. The van der Waals surface area contributed by atoms with E-state index in [0.29, 0.717) is 23.1 Å². The predicted molar refractivity (Wildman–Crippen MR) is 92.7 cm³/mol. The lowest BCUT2D eigenvalue weighted by molar-refractivity contribution is 0.409. The van der Waals surface area contributed by atoms with E-state index in [0.717, 1.165) is 26.7 Å². The molecule has 2 aromatic rings. The molecule has 0 unspecified atom stereocenters. The van der Waals surface area contributed by atoms with Crippen molar-refractivity contribution in [2.24, 2.45) is 5.73 Å². The fraction of sp³-hybridized carbons (Fsp3) is 0.200. The summed E-state index contributed by atoms with van der Waals surface area (Å²) in [5.41, 5.74) is 6.65. The molecule has 2 N–H and O–H groups in total. The summed E-state index contributed by atoms with van der Waals surface area (Å²) in [6.07, 6.45) is 0.724. The van der Waals surface area contributed by atoms with E-state index in [2.05, 4.69) is 31.9 Å². The van der Waals surface area contributed by atoms with Crippen molar-refractivity contribution in [3.8, 4) is 17.2 Å². The summed E-state index contributed by atoms with van der Waals surface area (Å²) in [6, 6.07) is 9.23. The first-order valence-corrected chi connectivity index (χ1v) is 8.21. The van der Waals surface area contributed by atoms with Crippen molar-refractivity contribution in [3.63, 3.8) is 0 Å². The van der Waals surface area contributed by atoms with Gasteiger partial charge in [0.2, 0.25) is 0 Å². The van der Waals surface area contributed by atoms with Gasteiger partial charge in [0.25, 0.3) is 0 Å². The smallest absolute Gasteiger partial charge is 0.143 e. The van der Waals surface area contributed by atoms with E-state index in [1.165, 1.54) is 0 Å². The Kier molecular flexibility index (Phi) is 5.93. The summed E-state index contributed by atoms with van der Waals surface area (Å²) in [4.78, 5) is 0. The van der Waals surface area contributed by atoms with Crippen molar-refractivity contribution < 1.29 is 9.47 Å². The van der Waals surface area contributed by atoms with Crippen molar-refractivity contribution in [1.82, 2.24) is 0 Å². The molecule has 2 rings (SSSR count). The number of halogens is 3. The summed E-state index contributed by atoms with van der Waals surface area (Å²) >= 11 is 13.0. The van der Waals surface area contributed by atoms with E-state index in [4.69, 9.17) is 26.8 Å². The molecular weight excluding hydrogens is 421 g/mol. The first-order chi connectivity index (χ1) is 10.0. The van der Waals surface area contributed by atoms with Crippen molar-refractivity contribution in [2.45, 2.75) is 6.42 Å². The highest BCUT2D eigenvalue weighted by Gasteiger charge is 2.12. The first kappa shape index (κ1) is 16.6. The van der Waals surface area contributed by atoms with Gasteiger partial charge in [0.15, 0.2) is 0 Å². The SMILES string of the molecule is COc1cc(Br)c(Oc2cc(Cl)ccc2CCN)cc1Br. The average molecular weight is 436 g/mol. The molecule has 2 aromatic carbocycles. The fourth-order valence-electron chi connectivity index (χ4n) is 1.85. The molecule has 0 bridgehead atoms. The Labute approximate surface area is 145 Å². The molecule has 0 aliphatic heterocycles. The third-order valence-electron chi connectivity index (χ3n) is 2.87. The summed E-state index contributed by atoms with van der Waals surface area (Å²) in [7, 11) is 1.61. The summed E-state index contributed by atoms with van der Waals surface area (Å²) < 4.78 is 12.8. The van der Waals surface area contributed by atoms with Crippen LogP contribution in [-0.4, -0.2) is 13.7 Å². The number of ether oxygens (including phenoxy) is 2. The summed E-state index contributed by atoms with van der Waals surface area (Å²) in [5.74, 6) is 2.09. The molecule has 0 fully saturated rings. The molecule has 3 nitrogen and oxygen atoms in total. The number of methoxy groups -OCH3 is 1. The Hall–Kier alpha value is -0.750. The highest BCUT2D eigenvalue weighted by Crippen LogP contribution is 2.39. The van der Waals surface area contributed by atoms with Crippen molar-refractivity contribution >= 4 is 43.5 Å². The second kappa shape index (κ2) is 7.49. The maximum Gasteiger partial charge on any atom is 0.143 e. The molecular formula is C15H14Br2ClNO2. The minimum Gasteiger partial charge on any atom is -0.496 e. The van der Waals surface area contributed by atoms with Crippen LogP contribution < -0.4 is 15.2 Å². The van der Waals surface area contributed by atoms with Gasteiger partial charge in [-0.1, -0.05) is 17.7 Å². The molecule has 6 heteroatoms. The van der Waals surface area contributed by atoms with E-state index in [1.54, 1.807) is 13.2 Å². The Morgan fingerprint density at radius 2 is 1.71 bits per heavy atom. The van der Waals surface area contributed by atoms with Crippen LogP contribution in [0, 0.1) is 0 Å². The van der Waals surface area contributed by atoms with Gasteiger partial charge >= 0.3 is 0 Å². The van der Waals surface area contributed by atoms with E-state index in [1.807, 2.05) is 24.3 Å². The standard InChI is InChI=1S/C15H14Br2ClNO2/c1-20-14-7-12(17)15(8-11(14)16)21-13-6-10(18)3-2-9(13)4-5-19/h2-3,6-8H,4-5,19H2,1H3. The van der Waals surface area contributed by atoms with Crippen molar-refractivity contribution in [1.29, 1.82) is 0 Å². The lowest BCUT2D eigenvalue weighted by atomic mass is 10.1. The van der Waals surface area contributed by atoms with Gasteiger partial charge in [-0.3, -0.25) is 0 Å². The van der Waals surface area contributed by atoms with Crippen LogP contribution >= 0.6 is 43.5 Å². The maximum atomic E-state index is 6.05. The van der Waals surface area contributed by atoms with Gasteiger partial charge in [-0.25, -0.2) is 0 Å². The average Bonchev–Trinajstić information content (AvgIpc) is 2.45. The highest BCUT2D eigenvalue weighted by molar-refractivity contribution is 9.11. The second-order valence-electron chi connectivity index (χ2n) is 4.31. The number of benzene rings is 2. The van der Waals surface area contributed by atoms with Gasteiger partial charge in [-0.05, 0) is 74.7 Å². The minimum absolute atomic E-state index is 0.547. The number of hydrogen-bond donors (Lipinski definition) is 1. The molecule has 0 amide bonds. The summed E-state index contributed by atoms with van der Waals surface area (Å²) in [5, 5.41) is 0.620. The van der Waals surface area contributed by atoms with E-state index in [9.17, 15) is 0 Å². The Bertz CT molecular complexity index is 650. The van der Waals surface area contributed by atoms with Gasteiger partial charge in [0.05, 0.1) is 16.1 Å². The maximum absolute atomic E-state index is 6.05. The zero-order valence-corrected chi connectivity index (χ0v) is 15.3. The lowest BCUT2D eigenvalue weighted by Crippen LogP contribution is -2.04. The molecule has 0 saturated carbocycles. The molecule has 0 aliphatic rings. The quantitative estimate of drug-likeness (QED) is 0.705. The highest BCUT2D eigenvalue weighted by atomic mass is 79.9. The molecule has 0 saturated heterocycles. The molecule has 0 aliphatic carbocycles. The van der Waals surface area contributed by atoms with Gasteiger partial charge in [0.1, 0.15) is 17.2 Å². The van der Waals surface area contributed by atoms with Crippen LogP contribution in [0.3, 0.4) is 0 Å². The molecule has 0 spiro atoms. The Morgan fingerprint density at radius 3 is 2.38 bits per heavy atom. The van der Waals surface area contributed by atoms with Gasteiger partial charge in [0, 0.05) is 5.02 Å². The largest absolute Gasteiger partial charge is 0.496 e. The number of nitrogens with two attached hydrogens (primary N) is 1. The molecule has 0 heterocycles. The zero-order valence-electron chi connectivity index (χ0n) is 11.3. The van der Waals surface area contributed by atoms with Crippen LogP contribution in [0.15, 0.2) is 39.3 Å². The molecule has 0 aromatic heterocycles. The molecule has 112 valence electrons. The van der Waals surface area contributed by atoms with Crippen LogP contribution in [0.5, 0.6) is 17.2 Å². The fourth-order valence-corrected chi connectivity index (χ4v) is 2.90. The molecule has 0 radical (unpaired) electrons. The number of hydrogen-bond acceptors (Lipinski definition) is 3. The molecule has 21 heavy (non-hydrogen) atoms. The second-order valence-corrected chi connectivity index (χ2v) is 6.46. The van der Waals surface area contributed by atoms with Crippen LogP contribution in [0.25, 0.3) is 0 Å². The van der Waals surface area contributed by atoms with Crippen molar-refractivity contribution in [2.75, 3.05) is 13.7 Å². The van der Waals surface area contributed by atoms with Crippen LogP contribution in [0.2, 0.25) is 5.02 Å². The van der Waals surface area contributed by atoms with Crippen LogP contribution in [0.4, 0.5) is 0 Å². The minimum atomic E-state index is 0.547.